The normalized spacial score (nSPS) is 17.2. The highest BCUT2D eigenvalue weighted by atomic mass is 16.3. The molecular weight excluding hydrogens is 404 g/mol. The Kier molecular flexibility index (Phi) is 7.05. The Labute approximate surface area is 189 Å². The largest absolute Gasteiger partial charge is 0.389 e. The van der Waals surface area contributed by atoms with Gasteiger partial charge in [0.2, 0.25) is 5.91 Å². The second-order valence-electron chi connectivity index (χ2n) is 8.88. The molecule has 1 fully saturated rings. The number of pyridine rings is 1. The fourth-order valence-corrected chi connectivity index (χ4v) is 4.71. The predicted molar refractivity (Wildman–Crippen MR) is 124 cm³/mol. The number of piperidine rings is 1. The van der Waals surface area contributed by atoms with Crippen molar-refractivity contribution in [2.75, 3.05) is 37.6 Å². The van der Waals surface area contributed by atoms with E-state index in [1.54, 1.807) is 19.2 Å². The van der Waals surface area contributed by atoms with Gasteiger partial charge in [0.1, 0.15) is 0 Å². The van der Waals surface area contributed by atoms with Gasteiger partial charge >= 0.3 is 0 Å². The van der Waals surface area contributed by atoms with E-state index in [2.05, 4.69) is 27.3 Å². The zero-order valence-corrected chi connectivity index (χ0v) is 18.7. The third-order valence-corrected chi connectivity index (χ3v) is 6.55. The van der Waals surface area contributed by atoms with Crippen molar-refractivity contribution in [2.24, 2.45) is 5.92 Å². The second kappa shape index (κ2) is 10.1. The number of aliphatic hydroxyl groups is 1. The summed E-state index contributed by atoms with van der Waals surface area (Å²) in [7, 11) is 0. The number of aliphatic hydroxyl groups excluding tert-OH is 1. The molecule has 1 aromatic carbocycles. The SMILES string of the molecule is CC(=O)N1CCC(Cc2cc(C(=O)NC[C@H](O)CN3CCc4ccccc43)ccn2)CC1. The van der Waals surface area contributed by atoms with E-state index in [0.29, 0.717) is 18.0 Å². The zero-order chi connectivity index (χ0) is 22.5. The van der Waals surface area contributed by atoms with E-state index in [4.69, 9.17) is 0 Å². The van der Waals surface area contributed by atoms with Crippen molar-refractivity contribution in [3.63, 3.8) is 0 Å². The highest BCUT2D eigenvalue weighted by Gasteiger charge is 2.23. The first kappa shape index (κ1) is 22.3. The molecule has 1 atom stereocenters. The molecule has 7 heteroatoms. The van der Waals surface area contributed by atoms with Crippen LogP contribution in [0.15, 0.2) is 42.6 Å². The number of rotatable bonds is 7. The zero-order valence-electron chi connectivity index (χ0n) is 18.7. The summed E-state index contributed by atoms with van der Waals surface area (Å²) in [5.41, 5.74) is 3.94. The maximum absolute atomic E-state index is 12.6. The van der Waals surface area contributed by atoms with Crippen molar-refractivity contribution in [3.05, 3.63) is 59.4 Å². The molecule has 32 heavy (non-hydrogen) atoms. The van der Waals surface area contributed by atoms with Crippen LogP contribution < -0.4 is 10.2 Å². The van der Waals surface area contributed by atoms with E-state index < -0.39 is 6.10 Å². The van der Waals surface area contributed by atoms with Gasteiger partial charge in [-0.25, -0.2) is 0 Å². The van der Waals surface area contributed by atoms with Crippen molar-refractivity contribution in [2.45, 2.75) is 38.7 Å². The van der Waals surface area contributed by atoms with Crippen molar-refractivity contribution in [1.29, 1.82) is 0 Å². The van der Waals surface area contributed by atoms with Crippen LogP contribution in [0.4, 0.5) is 5.69 Å². The van der Waals surface area contributed by atoms with Crippen LogP contribution in [0.5, 0.6) is 0 Å². The van der Waals surface area contributed by atoms with Gasteiger partial charge in [0.25, 0.3) is 5.91 Å². The number of fused-ring (bicyclic) bond motifs is 1. The minimum absolute atomic E-state index is 0.136. The van der Waals surface area contributed by atoms with Crippen molar-refractivity contribution in [1.82, 2.24) is 15.2 Å². The molecule has 170 valence electrons. The molecule has 0 bridgehead atoms. The van der Waals surface area contributed by atoms with Gasteiger partial charge in [-0.2, -0.15) is 0 Å². The van der Waals surface area contributed by atoms with Gasteiger partial charge in [-0.15, -0.1) is 0 Å². The molecule has 0 spiro atoms. The Balaban J connectivity index is 1.25. The van der Waals surface area contributed by atoms with Gasteiger partial charge in [0.05, 0.1) is 6.10 Å². The average molecular weight is 437 g/mol. The molecule has 1 saturated heterocycles. The van der Waals surface area contributed by atoms with Crippen LogP contribution in [0.1, 0.15) is 41.4 Å². The van der Waals surface area contributed by atoms with E-state index in [1.165, 1.54) is 11.3 Å². The van der Waals surface area contributed by atoms with E-state index in [1.807, 2.05) is 23.1 Å². The lowest BCUT2D eigenvalue weighted by Crippen LogP contribution is -2.39. The summed E-state index contributed by atoms with van der Waals surface area (Å²) in [4.78, 5) is 32.6. The number of benzene rings is 1. The fraction of sp³-hybridized carbons (Fsp3) is 0.480. The molecule has 2 aromatic rings. The van der Waals surface area contributed by atoms with Gasteiger partial charge in [0.15, 0.2) is 0 Å². The van der Waals surface area contributed by atoms with Gasteiger partial charge in [-0.1, -0.05) is 18.2 Å². The predicted octanol–water partition coefficient (Wildman–Crippen LogP) is 2.04. The van der Waals surface area contributed by atoms with Gasteiger partial charge < -0.3 is 20.2 Å². The molecule has 2 aliphatic rings. The minimum atomic E-state index is -0.641. The molecule has 2 aliphatic heterocycles. The quantitative estimate of drug-likeness (QED) is 0.694. The van der Waals surface area contributed by atoms with Crippen molar-refractivity contribution in [3.8, 4) is 0 Å². The molecule has 4 rings (SSSR count). The number of likely N-dealkylation sites (tertiary alicyclic amines) is 1. The Morgan fingerprint density at radius 1 is 1.19 bits per heavy atom. The summed E-state index contributed by atoms with van der Waals surface area (Å²) < 4.78 is 0. The fourth-order valence-electron chi connectivity index (χ4n) is 4.71. The molecule has 0 aliphatic carbocycles. The average Bonchev–Trinajstić information content (AvgIpc) is 3.21. The summed E-state index contributed by atoms with van der Waals surface area (Å²) >= 11 is 0. The molecule has 0 radical (unpaired) electrons. The van der Waals surface area contributed by atoms with Crippen LogP contribution >= 0.6 is 0 Å². The monoisotopic (exact) mass is 436 g/mol. The van der Waals surface area contributed by atoms with Gasteiger partial charge in [0, 0.05) is 62.8 Å². The summed E-state index contributed by atoms with van der Waals surface area (Å²) in [6.45, 7) is 4.80. The van der Waals surface area contributed by atoms with Crippen LogP contribution in [0.25, 0.3) is 0 Å². The first-order valence-corrected chi connectivity index (χ1v) is 11.5. The lowest BCUT2D eigenvalue weighted by molar-refractivity contribution is -0.130. The van der Waals surface area contributed by atoms with Crippen molar-refractivity contribution >= 4 is 17.5 Å². The first-order chi connectivity index (χ1) is 15.5. The molecule has 2 amide bonds. The van der Waals surface area contributed by atoms with E-state index >= 15 is 0 Å². The van der Waals surface area contributed by atoms with Crippen LogP contribution in [0, 0.1) is 5.92 Å². The van der Waals surface area contributed by atoms with Crippen LogP contribution in [0.2, 0.25) is 0 Å². The number of para-hydroxylation sites is 1. The van der Waals surface area contributed by atoms with E-state index in [0.717, 1.165) is 51.0 Å². The molecular formula is C25H32N4O3. The minimum Gasteiger partial charge on any atom is -0.389 e. The Morgan fingerprint density at radius 2 is 1.97 bits per heavy atom. The number of β-amino-alcohol motifs (C(OH)–C–C–N with tert-alkyl or cyclic N) is 1. The number of carbonyl (C=O) groups is 2. The summed E-state index contributed by atoms with van der Waals surface area (Å²) in [5.74, 6) is 0.416. The highest BCUT2D eigenvalue weighted by Crippen LogP contribution is 2.27. The maximum atomic E-state index is 12.6. The van der Waals surface area contributed by atoms with Crippen molar-refractivity contribution < 1.29 is 14.7 Å². The number of anilines is 1. The number of nitrogens with one attached hydrogen (secondary N) is 1. The summed E-state index contributed by atoms with van der Waals surface area (Å²) in [5, 5.41) is 13.3. The molecule has 0 unspecified atom stereocenters. The summed E-state index contributed by atoms with van der Waals surface area (Å²) in [6.07, 6.45) is 4.75. The standard InChI is InChI=1S/C25H32N4O3/c1-18(30)28-11-7-19(8-12-28)14-22-15-21(6-10-26-22)25(32)27-16-23(31)17-29-13-9-20-4-2-3-5-24(20)29/h2-6,10,15,19,23,31H,7-9,11-14,16-17H2,1H3,(H,27,32)/t23-/m0/s1. The number of hydrogen-bond acceptors (Lipinski definition) is 5. The first-order valence-electron chi connectivity index (χ1n) is 11.5. The summed E-state index contributed by atoms with van der Waals surface area (Å²) in [6, 6.07) is 11.8. The Hall–Kier alpha value is -2.93. The molecule has 7 nitrogen and oxygen atoms in total. The highest BCUT2D eigenvalue weighted by molar-refractivity contribution is 5.94. The van der Waals surface area contributed by atoms with Gasteiger partial charge in [-0.05, 0) is 55.4 Å². The molecule has 0 saturated carbocycles. The number of aromatic nitrogens is 1. The maximum Gasteiger partial charge on any atom is 0.251 e. The Morgan fingerprint density at radius 3 is 2.75 bits per heavy atom. The smallest absolute Gasteiger partial charge is 0.251 e. The second-order valence-corrected chi connectivity index (χ2v) is 8.88. The number of carbonyl (C=O) groups excluding carboxylic acids is 2. The van der Waals surface area contributed by atoms with Crippen LogP contribution in [-0.4, -0.2) is 65.6 Å². The lowest BCUT2D eigenvalue weighted by atomic mass is 9.91. The third-order valence-electron chi connectivity index (χ3n) is 6.55. The van der Waals surface area contributed by atoms with Crippen LogP contribution in [0.3, 0.4) is 0 Å². The molecule has 1 aromatic heterocycles. The topological polar surface area (TPSA) is 85.8 Å². The molecule has 2 N–H and O–H groups in total. The van der Waals surface area contributed by atoms with Gasteiger partial charge in [-0.3, -0.25) is 14.6 Å². The number of amides is 2. The van der Waals surface area contributed by atoms with E-state index in [-0.39, 0.29) is 18.4 Å². The number of hydrogen-bond donors (Lipinski definition) is 2. The van der Waals surface area contributed by atoms with Crippen LogP contribution in [-0.2, 0) is 17.6 Å². The van der Waals surface area contributed by atoms with E-state index in [9.17, 15) is 14.7 Å². The molecule has 3 heterocycles. The lowest BCUT2D eigenvalue weighted by Gasteiger charge is -2.31. The third kappa shape index (κ3) is 5.46. The number of nitrogens with zero attached hydrogens (tertiary/aromatic N) is 3. The Bertz CT molecular complexity index is 956.